The van der Waals surface area contributed by atoms with Crippen LogP contribution in [0.4, 0.5) is 0 Å². The van der Waals surface area contributed by atoms with Crippen molar-refractivity contribution in [2.24, 2.45) is 17.4 Å². The summed E-state index contributed by atoms with van der Waals surface area (Å²) in [6.45, 7) is 3.45. The van der Waals surface area contributed by atoms with Crippen molar-refractivity contribution < 1.29 is 9.00 Å². The SMILES string of the molecule is CC(N)CS(=O)CC(C)C(N)=O. The first kappa shape index (κ1) is 11.6. The van der Waals surface area contributed by atoms with Gasteiger partial charge in [-0.25, -0.2) is 0 Å². The molecule has 0 rings (SSSR count). The van der Waals surface area contributed by atoms with E-state index >= 15 is 0 Å². The summed E-state index contributed by atoms with van der Waals surface area (Å²) in [7, 11) is -1.03. The monoisotopic (exact) mass is 192 g/mol. The molecule has 0 aromatic carbocycles. The van der Waals surface area contributed by atoms with Crippen LogP contribution in [0.5, 0.6) is 0 Å². The van der Waals surface area contributed by atoms with Gasteiger partial charge in [-0.3, -0.25) is 9.00 Å². The lowest BCUT2D eigenvalue weighted by atomic mass is 10.2. The number of rotatable bonds is 5. The first-order chi connectivity index (χ1) is 5.43. The van der Waals surface area contributed by atoms with Gasteiger partial charge in [-0.05, 0) is 6.92 Å². The van der Waals surface area contributed by atoms with Gasteiger partial charge in [0.15, 0.2) is 0 Å². The van der Waals surface area contributed by atoms with Gasteiger partial charge in [0.2, 0.25) is 5.91 Å². The topological polar surface area (TPSA) is 86.2 Å². The Bertz CT molecular complexity index is 182. The lowest BCUT2D eigenvalue weighted by molar-refractivity contribution is -0.120. The van der Waals surface area contributed by atoms with Crippen LogP contribution in [0, 0.1) is 5.92 Å². The van der Waals surface area contributed by atoms with Crippen molar-refractivity contribution in [3.63, 3.8) is 0 Å². The van der Waals surface area contributed by atoms with Crippen molar-refractivity contribution in [1.29, 1.82) is 0 Å². The van der Waals surface area contributed by atoms with E-state index in [2.05, 4.69) is 0 Å². The maximum absolute atomic E-state index is 11.2. The molecule has 0 aliphatic rings. The zero-order valence-corrected chi connectivity index (χ0v) is 8.26. The Kier molecular flexibility index (Phi) is 5.08. The second kappa shape index (κ2) is 5.27. The van der Waals surface area contributed by atoms with Crippen LogP contribution in [-0.4, -0.2) is 27.7 Å². The molecule has 1 amide bonds. The number of primary amides is 1. The van der Waals surface area contributed by atoms with Crippen molar-refractivity contribution in [2.75, 3.05) is 11.5 Å². The van der Waals surface area contributed by atoms with Crippen molar-refractivity contribution in [3.05, 3.63) is 0 Å². The van der Waals surface area contributed by atoms with Gasteiger partial charge in [-0.15, -0.1) is 0 Å². The van der Waals surface area contributed by atoms with Crippen molar-refractivity contribution in [1.82, 2.24) is 0 Å². The third-order valence-corrected chi connectivity index (χ3v) is 3.14. The lowest BCUT2D eigenvalue weighted by Gasteiger charge is -2.08. The number of amides is 1. The molecule has 5 heteroatoms. The van der Waals surface area contributed by atoms with Gasteiger partial charge in [0, 0.05) is 34.3 Å². The first-order valence-corrected chi connectivity index (χ1v) is 5.32. The van der Waals surface area contributed by atoms with Gasteiger partial charge in [-0.2, -0.15) is 0 Å². The highest BCUT2D eigenvalue weighted by molar-refractivity contribution is 7.85. The minimum Gasteiger partial charge on any atom is -0.369 e. The first-order valence-electron chi connectivity index (χ1n) is 3.83. The molecular formula is C7H16N2O2S. The average molecular weight is 192 g/mol. The minimum atomic E-state index is -1.03. The Morgan fingerprint density at radius 3 is 2.25 bits per heavy atom. The standard InChI is InChI=1S/C7H16N2O2S/c1-5(7(9)10)3-12(11)4-6(2)8/h5-6H,3-4,8H2,1-2H3,(H2,9,10). The summed E-state index contributed by atoms with van der Waals surface area (Å²) in [4.78, 5) is 10.6. The third kappa shape index (κ3) is 5.26. The Hall–Kier alpha value is -0.420. The van der Waals surface area contributed by atoms with Crippen LogP contribution in [0.15, 0.2) is 0 Å². The van der Waals surface area contributed by atoms with Crippen LogP contribution in [0.3, 0.4) is 0 Å². The van der Waals surface area contributed by atoms with E-state index in [-0.39, 0.29) is 12.0 Å². The van der Waals surface area contributed by atoms with E-state index in [9.17, 15) is 9.00 Å². The molecule has 0 saturated carbocycles. The Morgan fingerprint density at radius 2 is 1.92 bits per heavy atom. The van der Waals surface area contributed by atoms with Crippen molar-refractivity contribution >= 4 is 16.7 Å². The van der Waals surface area contributed by atoms with Crippen LogP contribution in [0.2, 0.25) is 0 Å². The number of hydrogen-bond donors (Lipinski definition) is 2. The normalized spacial score (nSPS) is 18.2. The van der Waals surface area contributed by atoms with Crippen molar-refractivity contribution in [2.45, 2.75) is 19.9 Å². The second-order valence-corrected chi connectivity index (χ2v) is 4.60. The Labute approximate surface area is 75.1 Å². The molecule has 0 saturated heterocycles. The number of hydrogen-bond acceptors (Lipinski definition) is 3. The summed E-state index contributed by atoms with van der Waals surface area (Å²) in [6, 6.07) is -0.0918. The van der Waals surface area contributed by atoms with Crippen LogP contribution < -0.4 is 11.5 Å². The Morgan fingerprint density at radius 1 is 1.42 bits per heavy atom. The maximum atomic E-state index is 11.2. The van der Waals surface area contributed by atoms with Crippen LogP contribution in [0.25, 0.3) is 0 Å². The molecular weight excluding hydrogens is 176 g/mol. The predicted octanol–water partition coefficient (Wildman–Crippen LogP) is -0.796. The highest BCUT2D eigenvalue weighted by Crippen LogP contribution is 1.98. The number of carbonyl (C=O) groups excluding carboxylic acids is 1. The molecule has 12 heavy (non-hydrogen) atoms. The zero-order valence-electron chi connectivity index (χ0n) is 7.45. The zero-order chi connectivity index (χ0) is 9.72. The smallest absolute Gasteiger partial charge is 0.221 e. The summed E-state index contributed by atoms with van der Waals surface area (Å²) in [5.74, 6) is 0.00621. The van der Waals surface area contributed by atoms with Crippen LogP contribution in [-0.2, 0) is 15.6 Å². The lowest BCUT2D eigenvalue weighted by Crippen LogP contribution is -2.30. The average Bonchev–Trinajstić information content (AvgIpc) is 1.84. The summed E-state index contributed by atoms with van der Waals surface area (Å²) in [5.41, 5.74) is 10.4. The van der Waals surface area contributed by atoms with Crippen molar-refractivity contribution in [3.8, 4) is 0 Å². The predicted molar refractivity (Wildman–Crippen MR) is 49.9 cm³/mol. The fourth-order valence-electron chi connectivity index (χ4n) is 0.722. The Balaban J connectivity index is 3.77. The summed E-state index contributed by atoms with van der Waals surface area (Å²) in [6.07, 6.45) is 0. The van der Waals surface area contributed by atoms with E-state index in [1.54, 1.807) is 13.8 Å². The van der Waals surface area contributed by atoms with E-state index in [1.165, 1.54) is 0 Å². The minimum absolute atomic E-state index is 0.0918. The van der Waals surface area contributed by atoms with Crippen LogP contribution in [0.1, 0.15) is 13.8 Å². The molecule has 0 aromatic rings. The largest absolute Gasteiger partial charge is 0.369 e. The molecule has 0 radical (unpaired) electrons. The molecule has 0 heterocycles. The molecule has 0 fully saturated rings. The van der Waals surface area contributed by atoms with E-state index < -0.39 is 16.7 Å². The molecule has 3 unspecified atom stereocenters. The maximum Gasteiger partial charge on any atom is 0.221 e. The second-order valence-electron chi connectivity index (χ2n) is 3.05. The molecule has 0 aromatic heterocycles. The molecule has 0 bridgehead atoms. The molecule has 0 spiro atoms. The summed E-state index contributed by atoms with van der Waals surface area (Å²) < 4.78 is 11.2. The fraction of sp³-hybridized carbons (Fsp3) is 0.857. The highest BCUT2D eigenvalue weighted by atomic mass is 32.2. The third-order valence-electron chi connectivity index (χ3n) is 1.37. The fourth-order valence-corrected chi connectivity index (χ4v) is 2.17. The van der Waals surface area contributed by atoms with Gasteiger partial charge in [-0.1, -0.05) is 6.92 Å². The molecule has 3 atom stereocenters. The quantitative estimate of drug-likeness (QED) is 0.598. The molecule has 4 nitrogen and oxygen atoms in total. The molecule has 72 valence electrons. The number of nitrogens with two attached hydrogens (primary N) is 2. The van der Waals surface area contributed by atoms with E-state index in [0.717, 1.165) is 0 Å². The van der Waals surface area contributed by atoms with E-state index in [1.807, 2.05) is 0 Å². The van der Waals surface area contributed by atoms with E-state index in [0.29, 0.717) is 11.5 Å². The van der Waals surface area contributed by atoms with Gasteiger partial charge >= 0.3 is 0 Å². The molecule has 0 aliphatic carbocycles. The van der Waals surface area contributed by atoms with Gasteiger partial charge < -0.3 is 11.5 Å². The van der Waals surface area contributed by atoms with Gasteiger partial charge in [0.1, 0.15) is 0 Å². The van der Waals surface area contributed by atoms with E-state index in [4.69, 9.17) is 11.5 Å². The van der Waals surface area contributed by atoms with Crippen LogP contribution >= 0.6 is 0 Å². The molecule has 4 N–H and O–H groups in total. The number of carbonyl (C=O) groups is 1. The summed E-state index contributed by atoms with van der Waals surface area (Å²) >= 11 is 0. The highest BCUT2D eigenvalue weighted by Gasteiger charge is 2.13. The summed E-state index contributed by atoms with van der Waals surface area (Å²) in [5, 5.41) is 0. The van der Waals surface area contributed by atoms with Gasteiger partial charge in [0.25, 0.3) is 0 Å². The molecule has 0 aliphatic heterocycles. The van der Waals surface area contributed by atoms with Gasteiger partial charge in [0.05, 0.1) is 0 Å².